The zero-order chi connectivity index (χ0) is 26.4. The van der Waals surface area contributed by atoms with Gasteiger partial charge in [-0.1, -0.05) is 12.1 Å². The summed E-state index contributed by atoms with van der Waals surface area (Å²) < 4.78 is 15.4. The highest BCUT2D eigenvalue weighted by atomic mass is 16.7. The summed E-state index contributed by atoms with van der Waals surface area (Å²) in [5.74, 6) is -3.46. The van der Waals surface area contributed by atoms with Crippen LogP contribution in [0.3, 0.4) is 0 Å². The van der Waals surface area contributed by atoms with Crippen LogP contribution >= 0.6 is 0 Å². The maximum Gasteiger partial charge on any atom is 0.333 e. The van der Waals surface area contributed by atoms with Crippen molar-refractivity contribution in [3.05, 3.63) is 59.7 Å². The summed E-state index contributed by atoms with van der Waals surface area (Å²) in [6, 6.07) is 7.62. The third kappa shape index (κ3) is 6.52. The molecule has 1 heterocycles. The molecule has 0 bridgehead atoms. The first-order valence-electron chi connectivity index (χ1n) is 10.5. The van der Waals surface area contributed by atoms with Gasteiger partial charge in [0.2, 0.25) is 6.29 Å². The smallest absolute Gasteiger partial charge is 0.333 e. The number of carbonyl (C=O) groups is 2. The van der Waals surface area contributed by atoms with Gasteiger partial charge in [0.25, 0.3) is 0 Å². The first-order chi connectivity index (χ1) is 17.1. The Balaban J connectivity index is 1.61. The van der Waals surface area contributed by atoms with E-state index in [1.807, 2.05) is 0 Å². The first-order valence-corrected chi connectivity index (χ1v) is 10.5. The van der Waals surface area contributed by atoms with Crippen LogP contribution in [0.2, 0.25) is 0 Å². The minimum absolute atomic E-state index is 0.345. The van der Waals surface area contributed by atoms with Gasteiger partial charge in [0, 0.05) is 12.2 Å². The molecule has 1 aliphatic heterocycles. The van der Waals surface area contributed by atoms with Gasteiger partial charge in [0.15, 0.2) is 29.1 Å². The average molecular weight is 504 g/mol. The summed E-state index contributed by atoms with van der Waals surface area (Å²) in [4.78, 5) is 24.3. The molecule has 0 unspecified atom stereocenters. The molecule has 3 rings (SSSR count). The van der Waals surface area contributed by atoms with E-state index in [1.54, 1.807) is 0 Å². The maximum atomic E-state index is 12.2. The van der Waals surface area contributed by atoms with Gasteiger partial charge in [-0.15, -0.1) is 0 Å². The van der Waals surface area contributed by atoms with Crippen molar-refractivity contribution in [1.82, 2.24) is 0 Å². The Kier molecular flexibility index (Phi) is 8.51. The number of esters is 2. The van der Waals surface area contributed by atoms with Gasteiger partial charge < -0.3 is 50.0 Å². The highest BCUT2D eigenvalue weighted by Crippen LogP contribution is 2.27. The van der Waals surface area contributed by atoms with E-state index in [4.69, 9.17) is 14.2 Å². The molecule has 12 heteroatoms. The van der Waals surface area contributed by atoms with E-state index in [-0.39, 0.29) is 11.5 Å². The molecule has 2 aromatic carbocycles. The lowest BCUT2D eigenvalue weighted by atomic mass is 9.99. The predicted octanol–water partition coefficient (Wildman–Crippen LogP) is 0.130. The van der Waals surface area contributed by atoms with E-state index < -0.39 is 60.8 Å². The number of hydrogen-bond acceptors (Lipinski definition) is 12. The van der Waals surface area contributed by atoms with Gasteiger partial charge >= 0.3 is 11.9 Å². The number of carbonyl (C=O) groups excluding carboxylic acids is 2. The Bertz CT molecular complexity index is 1160. The fourth-order valence-electron chi connectivity index (χ4n) is 3.24. The Morgan fingerprint density at radius 3 is 1.75 bits per heavy atom. The molecular formula is C24H24O12. The Hall–Kier alpha value is -4.10. The third-order valence-corrected chi connectivity index (χ3v) is 5.13. The molecule has 1 saturated heterocycles. The van der Waals surface area contributed by atoms with Gasteiger partial charge in [0.1, 0.15) is 18.3 Å². The summed E-state index contributed by atoms with van der Waals surface area (Å²) >= 11 is 0. The molecule has 0 saturated carbocycles. The second-order valence-corrected chi connectivity index (χ2v) is 7.71. The van der Waals surface area contributed by atoms with Crippen LogP contribution in [0.1, 0.15) is 11.1 Å². The summed E-state index contributed by atoms with van der Waals surface area (Å²) in [6.07, 6.45) is -3.78. The molecule has 192 valence electrons. The normalized spacial score (nSPS) is 24.1. The van der Waals surface area contributed by atoms with Gasteiger partial charge in [0.05, 0.1) is 6.61 Å². The fraction of sp³-hybridized carbons (Fsp3) is 0.250. The number of benzene rings is 2. The summed E-state index contributed by atoms with van der Waals surface area (Å²) in [5, 5.41) is 68.0. The second-order valence-electron chi connectivity index (χ2n) is 7.71. The van der Waals surface area contributed by atoms with E-state index in [1.165, 1.54) is 48.6 Å². The number of phenols is 4. The van der Waals surface area contributed by atoms with Gasteiger partial charge in [-0.05, 0) is 47.5 Å². The SMILES string of the molecule is O=C(C=Cc1ccc(O)c(O)c1)O[C@@H]1O[C@H](CO)[C@@H](OC(=O)C=Cc2ccc(O)c(O)c2)[C@H](O)[C@H]1O. The monoisotopic (exact) mass is 504 g/mol. The van der Waals surface area contributed by atoms with Gasteiger partial charge in [-0.25, -0.2) is 9.59 Å². The molecule has 0 aliphatic carbocycles. The van der Waals surface area contributed by atoms with Gasteiger partial charge in [-0.3, -0.25) is 0 Å². The zero-order valence-electron chi connectivity index (χ0n) is 18.5. The third-order valence-electron chi connectivity index (χ3n) is 5.13. The number of aliphatic hydroxyl groups excluding tert-OH is 3. The minimum atomic E-state index is -1.83. The molecular weight excluding hydrogens is 480 g/mol. The predicted molar refractivity (Wildman–Crippen MR) is 121 cm³/mol. The van der Waals surface area contributed by atoms with Crippen LogP contribution in [-0.2, 0) is 23.8 Å². The summed E-state index contributed by atoms with van der Waals surface area (Å²) in [5.41, 5.74) is 0.701. The van der Waals surface area contributed by atoms with Gasteiger partial charge in [-0.2, -0.15) is 0 Å². The van der Waals surface area contributed by atoms with E-state index in [0.717, 1.165) is 12.2 Å². The van der Waals surface area contributed by atoms with E-state index in [9.17, 15) is 45.3 Å². The number of hydrogen-bond donors (Lipinski definition) is 7. The minimum Gasteiger partial charge on any atom is -0.504 e. The molecule has 0 amide bonds. The van der Waals surface area contributed by atoms with Crippen molar-refractivity contribution in [2.45, 2.75) is 30.7 Å². The number of phenolic OH excluding ortho intramolecular Hbond substituents is 4. The number of aromatic hydroxyl groups is 4. The molecule has 36 heavy (non-hydrogen) atoms. The second kappa shape index (κ2) is 11.6. The van der Waals surface area contributed by atoms with E-state index in [2.05, 4.69) is 0 Å². The molecule has 1 aliphatic rings. The summed E-state index contributed by atoms with van der Waals surface area (Å²) in [6.45, 7) is -0.756. The van der Waals surface area contributed by atoms with Crippen molar-refractivity contribution < 1.29 is 59.5 Å². The Labute approximate surface area is 204 Å². The van der Waals surface area contributed by atoms with Crippen LogP contribution in [0.15, 0.2) is 48.6 Å². The fourth-order valence-corrected chi connectivity index (χ4v) is 3.24. The van der Waals surface area contributed by atoms with Crippen LogP contribution in [0.5, 0.6) is 23.0 Å². The summed E-state index contributed by atoms with van der Waals surface area (Å²) in [7, 11) is 0. The number of rotatable bonds is 7. The molecule has 1 fully saturated rings. The largest absolute Gasteiger partial charge is 0.504 e. The quantitative estimate of drug-likeness (QED) is 0.153. The van der Waals surface area contributed by atoms with Crippen LogP contribution < -0.4 is 0 Å². The maximum absolute atomic E-state index is 12.2. The Morgan fingerprint density at radius 2 is 1.28 bits per heavy atom. The lowest BCUT2D eigenvalue weighted by Crippen LogP contribution is -2.60. The molecule has 2 aromatic rings. The van der Waals surface area contributed by atoms with Crippen molar-refractivity contribution in [2.24, 2.45) is 0 Å². The van der Waals surface area contributed by atoms with Crippen LogP contribution in [0.4, 0.5) is 0 Å². The topological polar surface area (TPSA) is 203 Å². The zero-order valence-corrected chi connectivity index (χ0v) is 18.5. The standard InChI is InChI=1S/C24H24O12/c25-11-18-23(35-19(30)7-3-12-1-5-14(26)16(28)9-12)21(32)22(33)24(34-18)36-20(31)8-4-13-2-6-15(27)17(29)10-13/h1-10,18,21-29,32-33H,11H2/t18-,21-,22-,23-,24+/m1/s1. The van der Waals surface area contributed by atoms with Crippen LogP contribution in [0.25, 0.3) is 12.2 Å². The molecule has 7 N–H and O–H groups in total. The molecule has 0 spiro atoms. The van der Waals surface area contributed by atoms with Crippen molar-refractivity contribution >= 4 is 24.1 Å². The molecule has 5 atom stereocenters. The molecule has 0 aromatic heterocycles. The lowest BCUT2D eigenvalue weighted by Gasteiger charge is -2.40. The van der Waals surface area contributed by atoms with Crippen LogP contribution in [0, 0.1) is 0 Å². The van der Waals surface area contributed by atoms with Crippen molar-refractivity contribution in [2.75, 3.05) is 6.61 Å². The highest BCUT2D eigenvalue weighted by Gasteiger charge is 2.47. The Morgan fingerprint density at radius 1 is 0.778 bits per heavy atom. The number of ether oxygens (including phenoxy) is 3. The highest BCUT2D eigenvalue weighted by molar-refractivity contribution is 5.88. The first kappa shape index (κ1) is 26.5. The molecule has 0 radical (unpaired) electrons. The number of aliphatic hydroxyl groups is 3. The van der Waals surface area contributed by atoms with Crippen LogP contribution in [-0.4, -0.2) is 85.0 Å². The van der Waals surface area contributed by atoms with E-state index >= 15 is 0 Å². The molecule has 12 nitrogen and oxygen atoms in total. The average Bonchev–Trinajstić information content (AvgIpc) is 2.85. The van der Waals surface area contributed by atoms with Crippen molar-refractivity contribution in [1.29, 1.82) is 0 Å². The lowest BCUT2D eigenvalue weighted by molar-refractivity contribution is -0.293. The van der Waals surface area contributed by atoms with Crippen molar-refractivity contribution in [3.63, 3.8) is 0 Å². The van der Waals surface area contributed by atoms with E-state index in [0.29, 0.717) is 11.1 Å². The van der Waals surface area contributed by atoms with Crippen molar-refractivity contribution in [3.8, 4) is 23.0 Å².